The van der Waals surface area contributed by atoms with Crippen molar-refractivity contribution in [2.24, 2.45) is 0 Å². The van der Waals surface area contributed by atoms with Crippen molar-refractivity contribution in [3.8, 4) is 0 Å². The number of carbonyl (C=O) groups excluding carboxylic acids is 1. The maximum atomic E-state index is 13.2. The molecule has 0 bridgehead atoms. The van der Waals surface area contributed by atoms with Crippen molar-refractivity contribution in [3.63, 3.8) is 0 Å². The third-order valence-corrected chi connectivity index (χ3v) is 5.31. The summed E-state index contributed by atoms with van der Waals surface area (Å²) < 4.78 is 13.2. The Kier molecular flexibility index (Phi) is 5.85. The standard InChI is InChI=1S/C19H27FN2O2/c20-15-6-3-5-14(13-15)9-10-18(23)21-16-7-4-8-17(19(16)24)22-11-1-2-12-22/h3,5-6,13,16-17,19,24H,1-2,4,7-12H2,(H,21,23)/t16-,17-,19-/m1/s1. The van der Waals surface area contributed by atoms with E-state index >= 15 is 0 Å². The number of aryl methyl sites for hydroxylation is 1. The van der Waals surface area contributed by atoms with E-state index in [9.17, 15) is 14.3 Å². The molecule has 3 atom stereocenters. The molecule has 1 saturated carbocycles. The number of benzene rings is 1. The molecule has 4 nitrogen and oxygen atoms in total. The van der Waals surface area contributed by atoms with Crippen LogP contribution in [0.4, 0.5) is 4.39 Å². The number of aliphatic hydroxyl groups excluding tert-OH is 1. The van der Waals surface area contributed by atoms with Crippen LogP contribution in [0.3, 0.4) is 0 Å². The number of halogens is 1. The van der Waals surface area contributed by atoms with Crippen molar-refractivity contribution < 1.29 is 14.3 Å². The molecular formula is C19H27FN2O2. The van der Waals surface area contributed by atoms with Crippen LogP contribution in [0.2, 0.25) is 0 Å². The topological polar surface area (TPSA) is 52.6 Å². The first kappa shape index (κ1) is 17.4. The number of nitrogens with one attached hydrogen (secondary N) is 1. The summed E-state index contributed by atoms with van der Waals surface area (Å²) in [5, 5.41) is 13.7. The van der Waals surface area contributed by atoms with E-state index in [1.54, 1.807) is 6.07 Å². The highest BCUT2D eigenvalue weighted by molar-refractivity contribution is 5.76. The SMILES string of the molecule is O=C(CCc1cccc(F)c1)N[C@@H]1CCC[C@@H](N2CCCC2)[C@@H]1O. The molecule has 5 heteroatoms. The first-order valence-electron chi connectivity index (χ1n) is 9.09. The monoisotopic (exact) mass is 334 g/mol. The Bertz CT molecular complexity index is 560. The van der Waals surface area contributed by atoms with Gasteiger partial charge in [0.15, 0.2) is 0 Å². The van der Waals surface area contributed by atoms with Gasteiger partial charge < -0.3 is 10.4 Å². The fourth-order valence-corrected chi connectivity index (χ4v) is 4.02. The van der Waals surface area contributed by atoms with Crippen LogP contribution in [-0.4, -0.2) is 47.2 Å². The number of nitrogens with zero attached hydrogens (tertiary/aromatic N) is 1. The van der Waals surface area contributed by atoms with Crippen molar-refractivity contribution in [3.05, 3.63) is 35.6 Å². The fraction of sp³-hybridized carbons (Fsp3) is 0.632. The second-order valence-corrected chi connectivity index (χ2v) is 7.04. The summed E-state index contributed by atoms with van der Waals surface area (Å²) >= 11 is 0. The van der Waals surface area contributed by atoms with Gasteiger partial charge in [-0.15, -0.1) is 0 Å². The molecule has 1 saturated heterocycles. The number of carbonyl (C=O) groups is 1. The summed E-state index contributed by atoms with van der Waals surface area (Å²) in [6, 6.07) is 6.37. The Labute approximate surface area is 143 Å². The number of likely N-dealkylation sites (tertiary alicyclic amines) is 1. The lowest BCUT2D eigenvalue weighted by molar-refractivity contribution is -0.123. The zero-order valence-corrected chi connectivity index (χ0v) is 14.1. The molecule has 1 heterocycles. The Morgan fingerprint density at radius 3 is 2.79 bits per heavy atom. The molecule has 1 aliphatic heterocycles. The van der Waals surface area contributed by atoms with Gasteiger partial charge in [0.1, 0.15) is 5.82 Å². The summed E-state index contributed by atoms with van der Waals surface area (Å²) in [7, 11) is 0. The van der Waals surface area contributed by atoms with E-state index in [2.05, 4.69) is 10.2 Å². The van der Waals surface area contributed by atoms with Crippen molar-refractivity contribution in [1.29, 1.82) is 0 Å². The van der Waals surface area contributed by atoms with Gasteiger partial charge in [0.2, 0.25) is 5.91 Å². The van der Waals surface area contributed by atoms with Crippen LogP contribution >= 0.6 is 0 Å². The summed E-state index contributed by atoms with van der Waals surface area (Å²) in [5.41, 5.74) is 0.823. The van der Waals surface area contributed by atoms with E-state index in [0.717, 1.165) is 37.9 Å². The zero-order valence-electron chi connectivity index (χ0n) is 14.1. The molecule has 2 fully saturated rings. The Hall–Kier alpha value is -1.46. The summed E-state index contributed by atoms with van der Waals surface area (Å²) in [4.78, 5) is 14.6. The van der Waals surface area contributed by atoms with Gasteiger partial charge in [-0.05, 0) is 69.3 Å². The molecule has 0 aromatic heterocycles. The molecule has 1 aliphatic carbocycles. The minimum absolute atomic E-state index is 0.0645. The van der Waals surface area contributed by atoms with Crippen molar-refractivity contribution in [2.45, 2.75) is 63.1 Å². The smallest absolute Gasteiger partial charge is 0.220 e. The Balaban J connectivity index is 1.49. The van der Waals surface area contributed by atoms with E-state index in [1.165, 1.54) is 25.0 Å². The molecule has 1 aromatic rings. The van der Waals surface area contributed by atoms with Gasteiger partial charge in [-0.3, -0.25) is 9.69 Å². The summed E-state index contributed by atoms with van der Waals surface area (Å²) in [5.74, 6) is -0.338. The van der Waals surface area contributed by atoms with Crippen LogP contribution in [0.1, 0.15) is 44.1 Å². The minimum atomic E-state index is -0.491. The van der Waals surface area contributed by atoms with Gasteiger partial charge in [0.05, 0.1) is 12.1 Å². The Morgan fingerprint density at radius 2 is 2.04 bits per heavy atom. The van der Waals surface area contributed by atoms with E-state index in [0.29, 0.717) is 12.8 Å². The average Bonchev–Trinajstić information content (AvgIpc) is 3.09. The molecule has 2 N–H and O–H groups in total. The van der Waals surface area contributed by atoms with Crippen LogP contribution in [0.15, 0.2) is 24.3 Å². The first-order valence-corrected chi connectivity index (χ1v) is 9.09. The highest BCUT2D eigenvalue weighted by Crippen LogP contribution is 2.26. The maximum absolute atomic E-state index is 13.2. The third kappa shape index (κ3) is 4.33. The number of hydrogen-bond donors (Lipinski definition) is 2. The van der Waals surface area contributed by atoms with Crippen LogP contribution in [0, 0.1) is 5.82 Å². The van der Waals surface area contributed by atoms with Gasteiger partial charge in [-0.2, -0.15) is 0 Å². The predicted octanol–water partition coefficient (Wildman–Crippen LogP) is 2.25. The fourth-order valence-electron chi connectivity index (χ4n) is 4.02. The van der Waals surface area contributed by atoms with E-state index in [4.69, 9.17) is 0 Å². The summed E-state index contributed by atoms with van der Waals surface area (Å²) in [6.07, 6.45) is 5.63. The van der Waals surface area contributed by atoms with E-state index < -0.39 is 6.10 Å². The van der Waals surface area contributed by atoms with Gasteiger partial charge in [0.25, 0.3) is 0 Å². The predicted molar refractivity (Wildman–Crippen MR) is 91.1 cm³/mol. The number of rotatable bonds is 5. The van der Waals surface area contributed by atoms with Crippen molar-refractivity contribution >= 4 is 5.91 Å². The molecule has 0 radical (unpaired) electrons. The molecule has 132 valence electrons. The van der Waals surface area contributed by atoms with Gasteiger partial charge in [-0.25, -0.2) is 4.39 Å². The molecule has 1 amide bonds. The molecule has 1 aromatic carbocycles. The largest absolute Gasteiger partial charge is 0.389 e. The number of amides is 1. The average molecular weight is 334 g/mol. The molecule has 0 unspecified atom stereocenters. The second-order valence-electron chi connectivity index (χ2n) is 7.04. The van der Waals surface area contributed by atoms with Crippen LogP contribution in [-0.2, 0) is 11.2 Å². The molecule has 2 aliphatic rings. The second kappa shape index (κ2) is 8.08. The van der Waals surface area contributed by atoms with E-state index in [-0.39, 0.29) is 23.8 Å². The lowest BCUT2D eigenvalue weighted by Crippen LogP contribution is -2.56. The van der Waals surface area contributed by atoms with Crippen LogP contribution < -0.4 is 5.32 Å². The lowest BCUT2D eigenvalue weighted by atomic mass is 9.87. The maximum Gasteiger partial charge on any atom is 0.220 e. The highest BCUT2D eigenvalue weighted by atomic mass is 19.1. The molecular weight excluding hydrogens is 307 g/mol. The van der Waals surface area contributed by atoms with Gasteiger partial charge in [-0.1, -0.05) is 12.1 Å². The normalized spacial score (nSPS) is 28.0. The quantitative estimate of drug-likeness (QED) is 0.868. The van der Waals surface area contributed by atoms with Crippen LogP contribution in [0.25, 0.3) is 0 Å². The summed E-state index contributed by atoms with van der Waals surface area (Å²) in [6.45, 7) is 2.12. The highest BCUT2D eigenvalue weighted by Gasteiger charge is 2.36. The first-order chi connectivity index (χ1) is 11.6. The van der Waals surface area contributed by atoms with Gasteiger partial charge in [0, 0.05) is 12.5 Å². The minimum Gasteiger partial charge on any atom is -0.389 e. The number of hydrogen-bond acceptors (Lipinski definition) is 3. The molecule has 0 spiro atoms. The van der Waals surface area contributed by atoms with Gasteiger partial charge >= 0.3 is 0 Å². The van der Waals surface area contributed by atoms with Crippen molar-refractivity contribution in [2.75, 3.05) is 13.1 Å². The Morgan fingerprint density at radius 1 is 1.25 bits per heavy atom. The van der Waals surface area contributed by atoms with Crippen molar-refractivity contribution in [1.82, 2.24) is 10.2 Å². The van der Waals surface area contributed by atoms with Crippen LogP contribution in [0.5, 0.6) is 0 Å². The molecule has 3 rings (SSSR count). The van der Waals surface area contributed by atoms with E-state index in [1.807, 2.05) is 6.07 Å². The zero-order chi connectivity index (χ0) is 16.9. The number of aliphatic hydroxyl groups is 1. The third-order valence-electron chi connectivity index (χ3n) is 5.31. The molecule has 24 heavy (non-hydrogen) atoms. The lowest BCUT2D eigenvalue weighted by Gasteiger charge is -2.40.